The predicted molar refractivity (Wildman–Crippen MR) is 82.3 cm³/mol. The fraction of sp³-hybridized carbons (Fsp3) is 0.188. The standard InChI is InChI=1S/C16H14ClFOS/c1-2-20-13-8-6-11(7-9-13)15(19)10-12-4-3-5-14(18)16(12)17/h3-9H,2,10H2,1H3. The molecule has 20 heavy (non-hydrogen) atoms. The van der Waals surface area contributed by atoms with Crippen LogP contribution < -0.4 is 0 Å². The molecule has 0 amide bonds. The third-order valence-corrected chi connectivity index (χ3v) is 4.19. The van der Waals surface area contributed by atoms with Crippen molar-refractivity contribution in [3.8, 4) is 0 Å². The molecule has 0 aliphatic rings. The minimum atomic E-state index is -0.494. The zero-order valence-corrected chi connectivity index (χ0v) is 12.6. The van der Waals surface area contributed by atoms with Crippen molar-refractivity contribution in [2.24, 2.45) is 0 Å². The first kappa shape index (κ1) is 15.1. The van der Waals surface area contributed by atoms with Crippen LogP contribution in [-0.2, 0) is 6.42 Å². The van der Waals surface area contributed by atoms with Gasteiger partial charge < -0.3 is 0 Å². The Hall–Kier alpha value is -1.32. The largest absolute Gasteiger partial charge is 0.294 e. The van der Waals surface area contributed by atoms with Crippen molar-refractivity contribution in [1.29, 1.82) is 0 Å². The third kappa shape index (κ3) is 3.62. The molecule has 104 valence electrons. The van der Waals surface area contributed by atoms with Crippen LogP contribution in [0.3, 0.4) is 0 Å². The number of hydrogen-bond donors (Lipinski definition) is 0. The average Bonchev–Trinajstić information content (AvgIpc) is 2.45. The first-order valence-corrected chi connectivity index (χ1v) is 7.67. The average molecular weight is 309 g/mol. The van der Waals surface area contributed by atoms with Crippen LogP contribution in [-0.4, -0.2) is 11.5 Å². The molecule has 0 bridgehead atoms. The molecule has 0 aromatic heterocycles. The lowest BCUT2D eigenvalue weighted by Crippen LogP contribution is -2.04. The van der Waals surface area contributed by atoms with E-state index in [0.29, 0.717) is 11.1 Å². The van der Waals surface area contributed by atoms with Crippen molar-refractivity contribution in [2.45, 2.75) is 18.2 Å². The molecule has 2 aromatic rings. The van der Waals surface area contributed by atoms with Gasteiger partial charge in [-0.1, -0.05) is 42.8 Å². The molecule has 0 saturated carbocycles. The number of Topliss-reactive ketones (excluding diaryl/α,β-unsaturated/α-hetero) is 1. The second-order valence-electron chi connectivity index (χ2n) is 4.27. The summed E-state index contributed by atoms with van der Waals surface area (Å²) in [6.07, 6.45) is 0.108. The van der Waals surface area contributed by atoms with E-state index in [2.05, 4.69) is 6.92 Å². The van der Waals surface area contributed by atoms with Crippen molar-refractivity contribution in [3.63, 3.8) is 0 Å². The Morgan fingerprint density at radius 1 is 1.20 bits per heavy atom. The van der Waals surface area contributed by atoms with Gasteiger partial charge in [-0.05, 0) is 29.5 Å². The van der Waals surface area contributed by atoms with E-state index < -0.39 is 5.82 Å². The van der Waals surface area contributed by atoms with Gasteiger partial charge in [0.05, 0.1) is 5.02 Å². The number of rotatable bonds is 5. The Labute approximate surface area is 127 Å². The zero-order chi connectivity index (χ0) is 14.5. The minimum absolute atomic E-state index is 0.0269. The molecule has 0 atom stereocenters. The lowest BCUT2D eigenvalue weighted by molar-refractivity contribution is 0.0993. The van der Waals surface area contributed by atoms with Gasteiger partial charge in [-0.15, -0.1) is 11.8 Å². The molecule has 0 N–H and O–H groups in total. The van der Waals surface area contributed by atoms with Crippen molar-refractivity contribution in [3.05, 3.63) is 64.4 Å². The highest BCUT2D eigenvalue weighted by Gasteiger charge is 2.12. The van der Waals surface area contributed by atoms with Crippen LogP contribution in [0.5, 0.6) is 0 Å². The van der Waals surface area contributed by atoms with Crippen LogP contribution in [0.1, 0.15) is 22.8 Å². The van der Waals surface area contributed by atoms with E-state index in [4.69, 9.17) is 11.6 Å². The molecule has 0 fully saturated rings. The first-order chi connectivity index (χ1) is 9.61. The lowest BCUT2D eigenvalue weighted by atomic mass is 10.0. The van der Waals surface area contributed by atoms with Crippen molar-refractivity contribution in [1.82, 2.24) is 0 Å². The summed E-state index contributed by atoms with van der Waals surface area (Å²) >= 11 is 7.58. The summed E-state index contributed by atoms with van der Waals surface area (Å²) in [4.78, 5) is 13.3. The molecule has 1 nitrogen and oxygen atoms in total. The van der Waals surface area contributed by atoms with Crippen LogP contribution in [0.15, 0.2) is 47.4 Å². The highest BCUT2D eigenvalue weighted by atomic mass is 35.5. The first-order valence-electron chi connectivity index (χ1n) is 6.30. The van der Waals surface area contributed by atoms with Crippen LogP contribution in [0, 0.1) is 5.82 Å². The summed E-state index contributed by atoms with van der Waals surface area (Å²) in [5.74, 6) is 0.434. The Balaban J connectivity index is 2.13. The third-order valence-electron chi connectivity index (χ3n) is 2.87. The van der Waals surface area contributed by atoms with Crippen molar-refractivity contribution < 1.29 is 9.18 Å². The number of ketones is 1. The van der Waals surface area contributed by atoms with Gasteiger partial charge in [-0.3, -0.25) is 4.79 Å². The van der Waals surface area contributed by atoms with E-state index in [1.807, 2.05) is 12.1 Å². The number of hydrogen-bond acceptors (Lipinski definition) is 2. The Morgan fingerprint density at radius 2 is 1.90 bits per heavy atom. The predicted octanol–water partition coefficient (Wildman–Crippen LogP) is 5.02. The highest BCUT2D eigenvalue weighted by molar-refractivity contribution is 7.99. The Bertz CT molecular complexity index is 610. The van der Waals surface area contributed by atoms with E-state index in [1.54, 1.807) is 36.0 Å². The van der Waals surface area contributed by atoms with Crippen molar-refractivity contribution >= 4 is 29.1 Å². The molecule has 0 aliphatic heterocycles. The molecule has 0 aliphatic carbocycles. The molecular formula is C16H14ClFOS. The number of thioether (sulfide) groups is 1. The number of carbonyl (C=O) groups excluding carboxylic acids is 1. The van der Waals surface area contributed by atoms with E-state index >= 15 is 0 Å². The molecule has 2 rings (SSSR count). The van der Waals surface area contributed by atoms with E-state index in [-0.39, 0.29) is 17.2 Å². The molecular weight excluding hydrogens is 295 g/mol. The van der Waals surface area contributed by atoms with Crippen molar-refractivity contribution in [2.75, 3.05) is 5.75 Å². The van der Waals surface area contributed by atoms with Crippen LogP contribution in [0.2, 0.25) is 5.02 Å². The molecule has 0 saturated heterocycles. The number of benzene rings is 2. The summed E-state index contributed by atoms with van der Waals surface area (Å²) in [6, 6.07) is 12.0. The fourth-order valence-corrected chi connectivity index (χ4v) is 2.72. The molecule has 4 heteroatoms. The van der Waals surface area contributed by atoms with E-state index in [9.17, 15) is 9.18 Å². The van der Waals surface area contributed by atoms with Gasteiger partial charge in [0.1, 0.15) is 5.82 Å². The molecule has 0 heterocycles. The van der Waals surface area contributed by atoms with Gasteiger partial charge in [0.25, 0.3) is 0 Å². The Morgan fingerprint density at radius 3 is 2.55 bits per heavy atom. The van der Waals surface area contributed by atoms with Crippen LogP contribution >= 0.6 is 23.4 Å². The fourth-order valence-electron chi connectivity index (χ4n) is 1.86. The van der Waals surface area contributed by atoms with Crippen LogP contribution in [0.4, 0.5) is 4.39 Å². The van der Waals surface area contributed by atoms with Crippen LogP contribution in [0.25, 0.3) is 0 Å². The topological polar surface area (TPSA) is 17.1 Å². The summed E-state index contributed by atoms with van der Waals surface area (Å²) in [7, 11) is 0. The highest BCUT2D eigenvalue weighted by Crippen LogP contribution is 2.22. The molecule has 0 unspecified atom stereocenters. The van der Waals surface area contributed by atoms with E-state index in [1.165, 1.54) is 6.07 Å². The smallest absolute Gasteiger partial charge is 0.167 e. The van der Waals surface area contributed by atoms with Gasteiger partial charge in [0.15, 0.2) is 5.78 Å². The van der Waals surface area contributed by atoms with E-state index in [0.717, 1.165) is 10.6 Å². The van der Waals surface area contributed by atoms with Gasteiger partial charge in [0.2, 0.25) is 0 Å². The van der Waals surface area contributed by atoms with Gasteiger partial charge >= 0.3 is 0 Å². The summed E-state index contributed by atoms with van der Waals surface area (Å²) < 4.78 is 13.3. The van der Waals surface area contributed by atoms with Gasteiger partial charge in [0, 0.05) is 16.9 Å². The molecule has 0 spiro atoms. The summed E-state index contributed by atoms with van der Waals surface area (Å²) in [5, 5.41) is 0.0269. The quantitative estimate of drug-likeness (QED) is 0.570. The molecule has 2 aromatic carbocycles. The SMILES string of the molecule is CCSc1ccc(C(=O)Cc2cccc(F)c2Cl)cc1. The maximum absolute atomic E-state index is 13.3. The lowest BCUT2D eigenvalue weighted by Gasteiger charge is -2.05. The zero-order valence-electron chi connectivity index (χ0n) is 11.0. The van der Waals surface area contributed by atoms with Gasteiger partial charge in [-0.2, -0.15) is 0 Å². The molecule has 0 radical (unpaired) electrons. The number of carbonyl (C=O) groups is 1. The maximum atomic E-state index is 13.3. The monoisotopic (exact) mass is 308 g/mol. The normalized spacial score (nSPS) is 10.6. The number of halogens is 2. The van der Waals surface area contributed by atoms with Gasteiger partial charge in [-0.25, -0.2) is 4.39 Å². The Kier molecular flexibility index (Phi) is 5.21. The summed E-state index contributed by atoms with van der Waals surface area (Å²) in [6.45, 7) is 2.08. The second kappa shape index (κ2) is 6.91. The second-order valence-corrected chi connectivity index (χ2v) is 5.99. The maximum Gasteiger partial charge on any atom is 0.167 e. The minimum Gasteiger partial charge on any atom is -0.294 e. The summed E-state index contributed by atoms with van der Waals surface area (Å²) in [5.41, 5.74) is 1.13.